The van der Waals surface area contributed by atoms with Gasteiger partial charge in [0.2, 0.25) is 0 Å². The van der Waals surface area contributed by atoms with Crippen LogP contribution in [0.25, 0.3) is 0 Å². The van der Waals surface area contributed by atoms with Crippen LogP contribution in [-0.4, -0.2) is 82.9 Å². The van der Waals surface area contributed by atoms with Crippen LogP contribution in [0.2, 0.25) is 0 Å². The minimum absolute atomic E-state index is 0.0692. The molecule has 2 aliphatic rings. The van der Waals surface area contributed by atoms with Gasteiger partial charge in [0.15, 0.2) is 5.96 Å². The molecule has 154 valence electrons. The molecule has 2 aliphatic heterocycles. The number of nitrogens with one attached hydrogen (secondary N) is 1. The number of rotatable bonds is 5. The van der Waals surface area contributed by atoms with Crippen molar-refractivity contribution in [3.63, 3.8) is 0 Å². The Morgan fingerprint density at radius 2 is 2.21 bits per heavy atom. The van der Waals surface area contributed by atoms with Gasteiger partial charge in [0.25, 0.3) is 0 Å². The lowest BCUT2D eigenvalue weighted by Crippen LogP contribution is -2.57. The maximum Gasteiger partial charge on any atom is 0.410 e. The molecule has 28 heavy (non-hydrogen) atoms. The largest absolute Gasteiger partial charge is 0.444 e. The van der Waals surface area contributed by atoms with Gasteiger partial charge >= 0.3 is 6.09 Å². The van der Waals surface area contributed by atoms with Gasteiger partial charge in [0.1, 0.15) is 5.60 Å². The number of aromatic nitrogens is 1. The van der Waals surface area contributed by atoms with Crippen molar-refractivity contribution in [2.45, 2.75) is 38.8 Å². The number of carbonyl (C=O) groups excluding carboxylic acids is 1. The van der Waals surface area contributed by atoms with Crippen molar-refractivity contribution in [2.75, 3.05) is 39.3 Å². The smallest absolute Gasteiger partial charge is 0.410 e. The molecule has 0 radical (unpaired) electrons. The molecule has 2 unspecified atom stereocenters. The Morgan fingerprint density at radius 3 is 2.89 bits per heavy atom. The number of nitrogens with zero attached hydrogens (tertiary/aromatic N) is 4. The van der Waals surface area contributed by atoms with E-state index in [4.69, 9.17) is 4.74 Å². The minimum atomic E-state index is -0.486. The number of aliphatic hydroxyl groups is 1. The van der Waals surface area contributed by atoms with E-state index >= 15 is 0 Å². The Hall–Kier alpha value is -2.35. The Balaban J connectivity index is 1.48. The van der Waals surface area contributed by atoms with Crippen molar-refractivity contribution >= 4 is 12.1 Å². The standard InChI is InChI=1S/C20H31N5O3/c1-20(2,3)28-19(27)24-8-9-25-17(13-24)12-23-18(25)22-11-15(14-26)10-16-6-4-5-7-21-16/h4-7,15,17,26H,8-14H2,1-3H3,(H,22,23). The van der Waals surface area contributed by atoms with E-state index in [1.165, 1.54) is 0 Å². The lowest BCUT2D eigenvalue weighted by atomic mass is 10.0. The van der Waals surface area contributed by atoms with Crippen LogP contribution in [-0.2, 0) is 11.2 Å². The normalized spacial score (nSPS) is 20.4. The van der Waals surface area contributed by atoms with E-state index in [1.807, 2.05) is 39.0 Å². The molecule has 0 saturated carbocycles. The first-order valence-electron chi connectivity index (χ1n) is 9.89. The van der Waals surface area contributed by atoms with Gasteiger partial charge in [-0.3, -0.25) is 9.98 Å². The summed E-state index contributed by atoms with van der Waals surface area (Å²) in [6.07, 6.45) is 2.23. The highest BCUT2D eigenvalue weighted by Gasteiger charge is 2.36. The molecule has 0 bridgehead atoms. The van der Waals surface area contributed by atoms with Crippen LogP contribution in [0.15, 0.2) is 29.4 Å². The molecule has 8 heteroatoms. The quantitative estimate of drug-likeness (QED) is 0.784. The number of fused-ring (bicyclic) bond motifs is 1. The van der Waals surface area contributed by atoms with E-state index in [9.17, 15) is 9.90 Å². The van der Waals surface area contributed by atoms with E-state index in [1.54, 1.807) is 11.1 Å². The number of guanidine groups is 1. The van der Waals surface area contributed by atoms with E-state index in [0.717, 1.165) is 18.2 Å². The number of piperazine rings is 1. The highest BCUT2D eigenvalue weighted by atomic mass is 16.6. The molecule has 0 aromatic carbocycles. The third-order valence-corrected chi connectivity index (χ3v) is 4.89. The molecule has 3 heterocycles. The van der Waals surface area contributed by atoms with Gasteiger partial charge < -0.3 is 25.0 Å². The number of carbonyl (C=O) groups is 1. The predicted octanol–water partition coefficient (Wildman–Crippen LogP) is 1.11. The minimum Gasteiger partial charge on any atom is -0.444 e. The van der Waals surface area contributed by atoms with E-state index in [-0.39, 0.29) is 24.7 Å². The van der Waals surface area contributed by atoms with Crippen LogP contribution in [0.1, 0.15) is 26.5 Å². The summed E-state index contributed by atoms with van der Waals surface area (Å²) in [5, 5.41) is 13.1. The highest BCUT2D eigenvalue weighted by molar-refractivity contribution is 5.82. The van der Waals surface area contributed by atoms with Crippen LogP contribution in [0.3, 0.4) is 0 Å². The van der Waals surface area contributed by atoms with Crippen molar-refractivity contribution in [1.29, 1.82) is 0 Å². The SMILES string of the molecule is CC(C)(C)OC(=O)N1CCN2C(NCC(CO)Cc3ccccn3)=NCC2C1. The number of amides is 1. The maximum atomic E-state index is 12.3. The summed E-state index contributed by atoms with van der Waals surface area (Å²) in [4.78, 5) is 25.2. The first-order chi connectivity index (χ1) is 13.4. The molecule has 1 saturated heterocycles. The molecule has 1 aromatic rings. The van der Waals surface area contributed by atoms with E-state index in [2.05, 4.69) is 20.2 Å². The third kappa shape index (κ3) is 5.34. The summed E-state index contributed by atoms with van der Waals surface area (Å²) >= 11 is 0. The summed E-state index contributed by atoms with van der Waals surface area (Å²) in [5.74, 6) is 0.924. The number of aliphatic imine (C=N–C) groups is 1. The van der Waals surface area contributed by atoms with Crippen molar-refractivity contribution in [2.24, 2.45) is 10.9 Å². The molecular formula is C20H31N5O3. The van der Waals surface area contributed by atoms with Crippen molar-refractivity contribution < 1.29 is 14.6 Å². The Kier molecular flexibility index (Phi) is 6.39. The summed E-state index contributed by atoms with van der Waals surface area (Å²) in [7, 11) is 0. The predicted molar refractivity (Wildman–Crippen MR) is 107 cm³/mol. The summed E-state index contributed by atoms with van der Waals surface area (Å²) in [5.41, 5.74) is 0.487. The molecular weight excluding hydrogens is 358 g/mol. The topological polar surface area (TPSA) is 90.3 Å². The Labute approximate surface area is 166 Å². The highest BCUT2D eigenvalue weighted by Crippen LogP contribution is 2.19. The summed E-state index contributed by atoms with van der Waals surface area (Å²) in [6, 6.07) is 5.99. The van der Waals surface area contributed by atoms with Crippen LogP contribution >= 0.6 is 0 Å². The summed E-state index contributed by atoms with van der Waals surface area (Å²) < 4.78 is 5.48. The number of ether oxygens (including phenoxy) is 1. The van der Waals surface area contributed by atoms with Crippen LogP contribution in [0.5, 0.6) is 0 Å². The number of hydrogen-bond donors (Lipinski definition) is 2. The van der Waals surface area contributed by atoms with Gasteiger partial charge in [-0.1, -0.05) is 6.07 Å². The molecule has 2 N–H and O–H groups in total. The molecule has 8 nitrogen and oxygen atoms in total. The zero-order chi connectivity index (χ0) is 20.1. The van der Waals surface area contributed by atoms with Crippen LogP contribution < -0.4 is 5.32 Å². The zero-order valence-corrected chi connectivity index (χ0v) is 17.0. The fraction of sp³-hybridized carbons (Fsp3) is 0.650. The van der Waals surface area contributed by atoms with E-state index in [0.29, 0.717) is 32.6 Å². The molecule has 1 amide bonds. The van der Waals surface area contributed by atoms with Gasteiger partial charge in [-0.15, -0.1) is 0 Å². The zero-order valence-electron chi connectivity index (χ0n) is 17.0. The van der Waals surface area contributed by atoms with Crippen LogP contribution in [0.4, 0.5) is 4.79 Å². The molecule has 3 rings (SSSR count). The fourth-order valence-electron chi connectivity index (χ4n) is 3.47. The first kappa shape index (κ1) is 20.4. The van der Waals surface area contributed by atoms with Gasteiger partial charge in [-0.05, 0) is 39.3 Å². The average molecular weight is 390 g/mol. The molecule has 0 spiro atoms. The lowest BCUT2D eigenvalue weighted by molar-refractivity contribution is 0.0137. The second kappa shape index (κ2) is 8.77. The van der Waals surface area contributed by atoms with Crippen molar-refractivity contribution in [1.82, 2.24) is 20.1 Å². The van der Waals surface area contributed by atoms with Crippen molar-refractivity contribution in [3.8, 4) is 0 Å². The van der Waals surface area contributed by atoms with Gasteiger partial charge in [0, 0.05) is 50.6 Å². The second-order valence-electron chi connectivity index (χ2n) is 8.39. The first-order valence-corrected chi connectivity index (χ1v) is 9.89. The Morgan fingerprint density at radius 1 is 1.39 bits per heavy atom. The monoisotopic (exact) mass is 389 g/mol. The number of pyridine rings is 1. The van der Waals surface area contributed by atoms with Gasteiger partial charge in [-0.25, -0.2) is 4.79 Å². The lowest BCUT2D eigenvalue weighted by Gasteiger charge is -2.39. The van der Waals surface area contributed by atoms with Gasteiger partial charge in [0.05, 0.1) is 12.6 Å². The molecule has 1 aromatic heterocycles. The number of hydrogen-bond acceptors (Lipinski definition) is 7. The van der Waals surface area contributed by atoms with Crippen LogP contribution in [0, 0.1) is 5.92 Å². The second-order valence-corrected chi connectivity index (χ2v) is 8.39. The summed E-state index contributed by atoms with van der Waals surface area (Å²) in [6.45, 7) is 8.96. The average Bonchev–Trinajstić information content (AvgIpc) is 3.07. The molecule has 0 aliphatic carbocycles. The van der Waals surface area contributed by atoms with Gasteiger partial charge in [-0.2, -0.15) is 0 Å². The fourth-order valence-corrected chi connectivity index (χ4v) is 3.47. The van der Waals surface area contributed by atoms with Crippen molar-refractivity contribution in [3.05, 3.63) is 30.1 Å². The maximum absolute atomic E-state index is 12.3. The van der Waals surface area contributed by atoms with E-state index < -0.39 is 5.60 Å². The molecule has 1 fully saturated rings. The number of aliphatic hydroxyl groups excluding tert-OH is 1. The molecule has 2 atom stereocenters. The third-order valence-electron chi connectivity index (χ3n) is 4.89. The Bertz CT molecular complexity index is 689.